The van der Waals surface area contributed by atoms with E-state index < -0.39 is 16.4 Å². The van der Waals surface area contributed by atoms with Crippen LogP contribution in [0, 0.1) is 10.1 Å². The average Bonchev–Trinajstić information content (AvgIpc) is 2.59. The van der Waals surface area contributed by atoms with E-state index in [4.69, 9.17) is 15.3 Å². The van der Waals surface area contributed by atoms with E-state index in [0.29, 0.717) is 11.5 Å². The van der Waals surface area contributed by atoms with Crippen molar-refractivity contribution in [3.8, 4) is 11.5 Å². The molecule has 24 heavy (non-hydrogen) atoms. The zero-order chi connectivity index (χ0) is 17.0. The molecule has 0 saturated carbocycles. The number of nitrogens with zero attached hydrogens (tertiary/aromatic N) is 2. The molecule has 0 radical (unpaired) electrons. The number of nitrogens with two attached hydrogens (primary N) is 1. The molecule has 0 aliphatic carbocycles. The largest absolute Gasteiger partial charge is 0.497 e. The molecule has 0 fully saturated rings. The summed E-state index contributed by atoms with van der Waals surface area (Å²) >= 11 is 0. The topological polar surface area (TPSA) is 130 Å². The first-order valence-electron chi connectivity index (χ1n) is 6.39. The minimum atomic E-state index is -0.715. The Kier molecular flexibility index (Phi) is 6.45. The molecule has 0 saturated heterocycles. The van der Waals surface area contributed by atoms with Crippen LogP contribution in [0.4, 0.5) is 11.5 Å². The number of carbonyl (C=O) groups excluding carboxylic acids is 1. The Morgan fingerprint density at radius 2 is 1.83 bits per heavy atom. The van der Waals surface area contributed by atoms with Gasteiger partial charge in [-0.2, -0.15) is 0 Å². The number of pyridine rings is 1. The third kappa shape index (κ3) is 3.70. The number of benzene rings is 1. The Bertz CT molecular complexity index is 747. The molecule has 0 bridgehead atoms. The summed E-state index contributed by atoms with van der Waals surface area (Å²) in [6.07, 6.45) is 1.26. The van der Waals surface area contributed by atoms with Crippen LogP contribution in [-0.4, -0.2) is 29.9 Å². The van der Waals surface area contributed by atoms with Crippen molar-refractivity contribution in [2.75, 3.05) is 19.6 Å². The quantitative estimate of drug-likeness (QED) is 0.348. The second-order valence-corrected chi connectivity index (χ2v) is 4.39. The van der Waals surface area contributed by atoms with Crippen molar-refractivity contribution < 1.29 is 19.2 Å². The molecule has 1 heterocycles. The van der Waals surface area contributed by atoms with E-state index in [1.165, 1.54) is 38.6 Å². The van der Waals surface area contributed by atoms with Crippen molar-refractivity contribution in [3.05, 3.63) is 51.7 Å². The maximum atomic E-state index is 12.7. The van der Waals surface area contributed by atoms with Crippen LogP contribution in [0.25, 0.3) is 0 Å². The number of ketones is 1. The number of aromatic nitrogens is 1. The number of nitro groups is 1. The summed E-state index contributed by atoms with van der Waals surface area (Å²) in [5.41, 5.74) is 1.65. The Hall–Kier alpha value is -2.91. The molecule has 0 aliphatic rings. The zero-order valence-corrected chi connectivity index (χ0v) is 13.6. The molecule has 0 spiro atoms. The van der Waals surface area contributed by atoms with E-state index in [2.05, 4.69) is 10.4 Å². The van der Waals surface area contributed by atoms with Crippen LogP contribution < -0.4 is 20.7 Å². The fraction of sp³-hybridized carbons (Fsp3) is 0.143. The molecule has 0 aliphatic heterocycles. The lowest BCUT2D eigenvalue weighted by Gasteiger charge is -2.09. The second kappa shape index (κ2) is 8.09. The van der Waals surface area contributed by atoms with Gasteiger partial charge in [-0.15, -0.1) is 12.4 Å². The molecule has 2 rings (SSSR count). The normalized spacial score (nSPS) is 9.62. The molecule has 3 N–H and O–H groups in total. The number of carbonyl (C=O) groups is 1. The summed E-state index contributed by atoms with van der Waals surface area (Å²) in [7, 11) is 2.88. The fourth-order valence-electron chi connectivity index (χ4n) is 2.02. The van der Waals surface area contributed by atoms with Gasteiger partial charge in [0, 0.05) is 17.8 Å². The number of anilines is 1. The Balaban J connectivity index is 0.00000288. The van der Waals surface area contributed by atoms with Gasteiger partial charge in [-0.3, -0.25) is 14.9 Å². The van der Waals surface area contributed by atoms with E-state index in [9.17, 15) is 14.9 Å². The van der Waals surface area contributed by atoms with Gasteiger partial charge >= 0.3 is 5.69 Å². The van der Waals surface area contributed by atoms with Crippen molar-refractivity contribution in [1.29, 1.82) is 0 Å². The van der Waals surface area contributed by atoms with Crippen molar-refractivity contribution in [1.82, 2.24) is 4.98 Å². The highest BCUT2D eigenvalue weighted by Gasteiger charge is 2.26. The summed E-state index contributed by atoms with van der Waals surface area (Å²) < 4.78 is 10.2. The molecule has 1 aromatic carbocycles. The molecule has 0 atom stereocenters. The van der Waals surface area contributed by atoms with Crippen molar-refractivity contribution in [3.63, 3.8) is 0 Å². The van der Waals surface area contributed by atoms with Gasteiger partial charge in [-0.25, -0.2) is 10.8 Å². The van der Waals surface area contributed by atoms with Crippen LogP contribution in [0.1, 0.15) is 15.9 Å². The smallest absolute Gasteiger partial charge is 0.323 e. The SMILES string of the molecule is COc1cc(OC)cc(C(=O)c2ccnc(NN)c2[N+](=O)[O-])c1.Cl. The Labute approximate surface area is 143 Å². The molecule has 128 valence electrons. The Morgan fingerprint density at radius 3 is 2.29 bits per heavy atom. The van der Waals surface area contributed by atoms with Crippen molar-refractivity contribution >= 4 is 29.7 Å². The first-order chi connectivity index (χ1) is 11.0. The minimum absolute atomic E-state index is 0. The zero-order valence-electron chi connectivity index (χ0n) is 12.8. The maximum Gasteiger partial charge on any atom is 0.323 e. The highest BCUT2D eigenvalue weighted by Crippen LogP contribution is 2.30. The minimum Gasteiger partial charge on any atom is -0.497 e. The van der Waals surface area contributed by atoms with Crippen LogP contribution in [0.15, 0.2) is 30.5 Å². The summed E-state index contributed by atoms with van der Waals surface area (Å²) in [6.45, 7) is 0. The van der Waals surface area contributed by atoms with Gasteiger partial charge in [-0.05, 0) is 18.2 Å². The summed E-state index contributed by atoms with van der Waals surface area (Å²) in [6, 6.07) is 5.77. The van der Waals surface area contributed by atoms with Gasteiger partial charge in [0.05, 0.1) is 19.1 Å². The number of ether oxygens (including phenoxy) is 2. The molecule has 0 amide bonds. The van der Waals surface area contributed by atoms with Gasteiger partial charge in [0.25, 0.3) is 0 Å². The summed E-state index contributed by atoms with van der Waals surface area (Å²) in [5.74, 6) is 5.23. The molecule has 1 aromatic heterocycles. The van der Waals surface area contributed by atoms with Gasteiger partial charge < -0.3 is 14.9 Å². The van der Waals surface area contributed by atoms with Gasteiger partial charge in [0.15, 0.2) is 5.78 Å². The third-order valence-corrected chi connectivity index (χ3v) is 3.10. The van der Waals surface area contributed by atoms with Gasteiger partial charge in [0.1, 0.15) is 17.1 Å². The Morgan fingerprint density at radius 1 is 1.25 bits per heavy atom. The number of halogens is 1. The molecule has 0 unspecified atom stereocenters. The number of nitrogen functional groups attached to an aromatic ring is 1. The predicted octanol–water partition coefficient (Wildman–Crippen LogP) is 1.95. The number of hydrogen-bond acceptors (Lipinski definition) is 8. The third-order valence-electron chi connectivity index (χ3n) is 3.10. The standard InChI is InChI=1S/C14H14N4O5.ClH/c1-22-9-5-8(6-10(7-9)23-2)13(19)11-3-4-16-14(17-15)12(11)18(20)21;/h3-7H,15H2,1-2H3,(H,16,17);1H. The van der Waals surface area contributed by atoms with Crippen LogP contribution in [-0.2, 0) is 0 Å². The average molecular weight is 355 g/mol. The second-order valence-electron chi connectivity index (χ2n) is 4.39. The van der Waals surface area contributed by atoms with E-state index in [1.54, 1.807) is 6.07 Å². The first kappa shape index (κ1) is 19.1. The van der Waals surface area contributed by atoms with Crippen LogP contribution in [0.5, 0.6) is 11.5 Å². The van der Waals surface area contributed by atoms with Crippen LogP contribution in [0.2, 0.25) is 0 Å². The lowest BCUT2D eigenvalue weighted by molar-refractivity contribution is -0.384. The van der Waals surface area contributed by atoms with E-state index >= 15 is 0 Å². The maximum absolute atomic E-state index is 12.7. The van der Waals surface area contributed by atoms with Crippen LogP contribution in [0.3, 0.4) is 0 Å². The molecular formula is C14H15ClN4O5. The number of nitrogens with one attached hydrogen (secondary N) is 1. The van der Waals surface area contributed by atoms with Gasteiger partial charge in [0.2, 0.25) is 5.82 Å². The van der Waals surface area contributed by atoms with Gasteiger partial charge in [-0.1, -0.05) is 0 Å². The molecule has 10 heteroatoms. The van der Waals surface area contributed by atoms with E-state index in [1.807, 2.05) is 0 Å². The lowest BCUT2D eigenvalue weighted by Crippen LogP contribution is -2.14. The lowest BCUT2D eigenvalue weighted by atomic mass is 10.0. The number of rotatable bonds is 6. The number of hydrogen-bond donors (Lipinski definition) is 2. The number of methoxy groups -OCH3 is 2. The van der Waals surface area contributed by atoms with E-state index in [0.717, 1.165) is 0 Å². The fourth-order valence-corrected chi connectivity index (χ4v) is 2.02. The molecule has 9 nitrogen and oxygen atoms in total. The highest BCUT2D eigenvalue weighted by molar-refractivity contribution is 6.12. The predicted molar refractivity (Wildman–Crippen MR) is 88.9 cm³/mol. The monoisotopic (exact) mass is 354 g/mol. The summed E-state index contributed by atoms with van der Waals surface area (Å²) in [5, 5.41) is 11.3. The van der Waals surface area contributed by atoms with Crippen molar-refractivity contribution in [2.24, 2.45) is 5.84 Å². The number of hydrazine groups is 1. The highest BCUT2D eigenvalue weighted by atomic mass is 35.5. The first-order valence-corrected chi connectivity index (χ1v) is 6.39. The molecular weight excluding hydrogens is 340 g/mol. The van der Waals surface area contributed by atoms with E-state index in [-0.39, 0.29) is 29.4 Å². The summed E-state index contributed by atoms with van der Waals surface area (Å²) in [4.78, 5) is 26.9. The van der Waals surface area contributed by atoms with Crippen molar-refractivity contribution in [2.45, 2.75) is 0 Å². The molecule has 2 aromatic rings. The van der Waals surface area contributed by atoms with Crippen LogP contribution >= 0.6 is 12.4 Å².